The van der Waals surface area contributed by atoms with Gasteiger partial charge in [-0.15, -0.1) is 0 Å². The lowest BCUT2D eigenvalue weighted by Gasteiger charge is -2.37. The molecule has 3 aromatic rings. The van der Waals surface area contributed by atoms with Gasteiger partial charge in [0.1, 0.15) is 6.04 Å². The number of hydrogen-bond donors (Lipinski definition) is 1. The predicted octanol–water partition coefficient (Wildman–Crippen LogP) is 6.07. The Bertz CT molecular complexity index is 1410. The van der Waals surface area contributed by atoms with Crippen LogP contribution in [0.25, 0.3) is 0 Å². The van der Waals surface area contributed by atoms with E-state index in [-0.39, 0.29) is 23.5 Å². The topological polar surface area (TPSA) is 87.7 Å². The van der Waals surface area contributed by atoms with Gasteiger partial charge < -0.3 is 19.9 Å². The molecule has 5 rings (SSSR count). The first-order valence-corrected chi connectivity index (χ1v) is 16.1. The van der Waals surface area contributed by atoms with Crippen molar-refractivity contribution in [1.82, 2.24) is 14.9 Å². The van der Waals surface area contributed by atoms with Crippen molar-refractivity contribution in [3.63, 3.8) is 0 Å². The maximum Gasteiger partial charge on any atom is 0.247 e. The molecule has 2 unspecified atom stereocenters. The summed E-state index contributed by atoms with van der Waals surface area (Å²) in [6, 6.07) is 16.6. The molecule has 1 aromatic heterocycles. The lowest BCUT2D eigenvalue weighted by molar-refractivity contribution is -0.139. The largest absolute Gasteiger partial charge is 0.378 e. The van der Waals surface area contributed by atoms with Crippen LogP contribution in [0.2, 0.25) is 5.02 Å². The standard InChI is InChI=1S/C33H38ClN5O3S/c1-23-20-24(2)36-33(35-23)43-22-30(40)39(21-25-8-10-27(34)11-9-25)31(26-6-4-3-5-7-26)32(41)37-28-12-14-29(15-13-28)38-16-18-42-19-17-38/h3-4,8-15,20,26,31H,5-7,16-19,21-22H2,1-2H3,(H,37,41). The predicted molar refractivity (Wildman–Crippen MR) is 173 cm³/mol. The molecule has 0 saturated carbocycles. The Hall–Kier alpha value is -3.40. The molecule has 1 aliphatic heterocycles. The van der Waals surface area contributed by atoms with E-state index >= 15 is 0 Å². The van der Waals surface area contributed by atoms with Crippen LogP contribution in [0, 0.1) is 19.8 Å². The van der Waals surface area contributed by atoms with E-state index in [1.165, 1.54) is 11.8 Å². The van der Waals surface area contributed by atoms with Gasteiger partial charge in [-0.2, -0.15) is 0 Å². The van der Waals surface area contributed by atoms with Crippen molar-refractivity contribution in [2.45, 2.75) is 50.9 Å². The first-order valence-electron chi connectivity index (χ1n) is 14.7. The molecule has 2 aromatic carbocycles. The van der Waals surface area contributed by atoms with Gasteiger partial charge >= 0.3 is 0 Å². The van der Waals surface area contributed by atoms with Gasteiger partial charge in [-0.3, -0.25) is 9.59 Å². The molecule has 2 aliphatic rings. The van der Waals surface area contributed by atoms with Crippen molar-refractivity contribution >= 4 is 46.6 Å². The summed E-state index contributed by atoms with van der Waals surface area (Å²) in [5.41, 5.74) is 4.41. The molecule has 1 N–H and O–H groups in total. The minimum absolute atomic E-state index is 0.0173. The Morgan fingerprint density at radius 1 is 1.05 bits per heavy atom. The number of nitrogens with one attached hydrogen (secondary N) is 1. The lowest BCUT2D eigenvalue weighted by Crippen LogP contribution is -2.51. The average Bonchev–Trinajstić information content (AvgIpc) is 3.01. The number of amides is 2. The van der Waals surface area contributed by atoms with Crippen molar-refractivity contribution in [2.24, 2.45) is 5.92 Å². The molecule has 0 spiro atoms. The SMILES string of the molecule is Cc1cc(C)nc(SCC(=O)N(Cc2ccc(Cl)cc2)C(C(=O)Nc2ccc(N3CCOCC3)cc2)C2CC=CCC2)n1. The maximum absolute atomic E-state index is 14.1. The van der Waals surface area contributed by atoms with E-state index in [1.807, 2.05) is 68.4 Å². The molecule has 2 atom stereocenters. The number of ether oxygens (including phenoxy) is 1. The number of benzene rings is 2. The molecule has 43 heavy (non-hydrogen) atoms. The number of anilines is 2. The van der Waals surface area contributed by atoms with Crippen LogP contribution in [-0.2, 0) is 20.9 Å². The number of morpholine rings is 1. The third-order valence-corrected chi connectivity index (χ3v) is 8.83. The third-order valence-electron chi connectivity index (χ3n) is 7.74. The van der Waals surface area contributed by atoms with E-state index in [4.69, 9.17) is 16.3 Å². The van der Waals surface area contributed by atoms with Gasteiger partial charge in [0.05, 0.1) is 19.0 Å². The molecule has 2 heterocycles. The quantitative estimate of drug-likeness (QED) is 0.167. The van der Waals surface area contributed by atoms with Crippen LogP contribution in [0.1, 0.15) is 36.2 Å². The van der Waals surface area contributed by atoms with E-state index in [0.29, 0.717) is 35.6 Å². The van der Waals surface area contributed by atoms with Gasteiger partial charge in [0.15, 0.2) is 5.16 Å². The van der Waals surface area contributed by atoms with Gasteiger partial charge in [-0.25, -0.2) is 9.97 Å². The second kappa shape index (κ2) is 14.9. The lowest BCUT2D eigenvalue weighted by atomic mass is 9.86. The van der Waals surface area contributed by atoms with Crippen molar-refractivity contribution in [2.75, 3.05) is 42.3 Å². The summed E-state index contributed by atoms with van der Waals surface area (Å²) in [7, 11) is 0. The number of thioether (sulfide) groups is 1. The highest BCUT2D eigenvalue weighted by Crippen LogP contribution is 2.29. The van der Waals surface area contributed by atoms with Crippen molar-refractivity contribution in [1.29, 1.82) is 0 Å². The summed E-state index contributed by atoms with van der Waals surface area (Å²) in [4.78, 5) is 41.2. The highest BCUT2D eigenvalue weighted by molar-refractivity contribution is 7.99. The number of hydrogen-bond acceptors (Lipinski definition) is 7. The van der Waals surface area contributed by atoms with Crippen LogP contribution < -0.4 is 10.2 Å². The number of allylic oxidation sites excluding steroid dienone is 2. The molecular formula is C33H38ClN5O3S. The van der Waals surface area contributed by atoms with Gasteiger partial charge in [-0.1, -0.05) is 47.6 Å². The fourth-order valence-corrected chi connectivity index (χ4v) is 6.56. The minimum Gasteiger partial charge on any atom is -0.378 e. The molecular weight excluding hydrogens is 582 g/mol. The van der Waals surface area contributed by atoms with Crippen LogP contribution in [0.4, 0.5) is 11.4 Å². The highest BCUT2D eigenvalue weighted by Gasteiger charge is 2.36. The first-order chi connectivity index (χ1) is 20.9. The normalized spacial score (nSPS) is 17.4. The van der Waals surface area contributed by atoms with Gasteiger partial charge in [-0.05, 0) is 87.1 Å². The summed E-state index contributed by atoms with van der Waals surface area (Å²) < 4.78 is 5.47. The highest BCUT2D eigenvalue weighted by atomic mass is 35.5. The maximum atomic E-state index is 14.1. The molecule has 226 valence electrons. The summed E-state index contributed by atoms with van der Waals surface area (Å²) in [5.74, 6) is -0.220. The van der Waals surface area contributed by atoms with Crippen molar-refractivity contribution in [3.8, 4) is 0 Å². The zero-order chi connectivity index (χ0) is 30.2. The average molecular weight is 620 g/mol. The minimum atomic E-state index is -0.659. The molecule has 0 radical (unpaired) electrons. The van der Waals surface area contributed by atoms with E-state index in [0.717, 1.165) is 55.0 Å². The molecule has 2 amide bonds. The number of carbonyl (C=O) groups is 2. The summed E-state index contributed by atoms with van der Waals surface area (Å²) >= 11 is 7.46. The summed E-state index contributed by atoms with van der Waals surface area (Å²) in [5, 5.41) is 4.31. The Morgan fingerprint density at radius 2 is 1.74 bits per heavy atom. The fourth-order valence-electron chi connectivity index (χ4n) is 5.60. The number of halogens is 1. The monoisotopic (exact) mass is 619 g/mol. The zero-order valence-electron chi connectivity index (χ0n) is 24.7. The van der Waals surface area contributed by atoms with Crippen LogP contribution in [0.15, 0.2) is 71.9 Å². The summed E-state index contributed by atoms with van der Waals surface area (Å²) in [6.45, 7) is 7.23. The number of carbonyl (C=O) groups excluding carboxylic acids is 2. The van der Waals surface area contributed by atoms with Gasteiger partial charge in [0.25, 0.3) is 0 Å². The number of aromatic nitrogens is 2. The number of rotatable bonds is 10. The molecule has 8 nitrogen and oxygen atoms in total. The van der Waals surface area contributed by atoms with Gasteiger partial charge in [0.2, 0.25) is 11.8 Å². The molecule has 1 aliphatic carbocycles. The summed E-state index contributed by atoms with van der Waals surface area (Å²) in [6.07, 6.45) is 6.69. The fraction of sp³-hybridized carbons (Fsp3) is 0.394. The number of nitrogens with zero attached hydrogens (tertiary/aromatic N) is 4. The zero-order valence-corrected chi connectivity index (χ0v) is 26.2. The molecule has 0 bridgehead atoms. The van der Waals surface area contributed by atoms with Crippen LogP contribution in [0.5, 0.6) is 0 Å². The van der Waals surface area contributed by atoms with Gasteiger partial charge in [0, 0.05) is 47.4 Å². The second-order valence-corrected chi connectivity index (χ2v) is 12.4. The Morgan fingerprint density at radius 3 is 2.40 bits per heavy atom. The van der Waals surface area contributed by atoms with E-state index in [2.05, 4.69) is 32.3 Å². The van der Waals surface area contributed by atoms with Crippen LogP contribution in [0.3, 0.4) is 0 Å². The van der Waals surface area contributed by atoms with E-state index in [9.17, 15) is 9.59 Å². The molecule has 1 fully saturated rings. The Balaban J connectivity index is 1.40. The third kappa shape index (κ3) is 8.59. The van der Waals surface area contributed by atoms with Crippen molar-refractivity contribution in [3.05, 3.63) is 88.7 Å². The second-order valence-electron chi connectivity index (χ2n) is 11.0. The van der Waals surface area contributed by atoms with Crippen molar-refractivity contribution < 1.29 is 14.3 Å². The Labute approximate surface area is 262 Å². The first kappa shape index (κ1) is 31.0. The Kier molecular flexibility index (Phi) is 10.7. The van der Waals surface area contributed by atoms with Crippen LogP contribution in [-0.4, -0.2) is 64.8 Å². The molecule has 1 saturated heterocycles. The van der Waals surface area contributed by atoms with E-state index < -0.39 is 6.04 Å². The number of aryl methyl sites for hydroxylation is 2. The smallest absolute Gasteiger partial charge is 0.247 e. The van der Waals surface area contributed by atoms with Crippen LogP contribution >= 0.6 is 23.4 Å². The van der Waals surface area contributed by atoms with E-state index in [1.54, 1.807) is 4.90 Å². The molecule has 10 heteroatoms.